The Balaban J connectivity index is 2.75. The lowest BCUT2D eigenvalue weighted by Crippen LogP contribution is -2.36. The highest BCUT2D eigenvalue weighted by molar-refractivity contribution is 5.80. The molecule has 5 nitrogen and oxygen atoms in total. The zero-order valence-electron chi connectivity index (χ0n) is 14.3. The van der Waals surface area contributed by atoms with Crippen LogP contribution in [0.15, 0.2) is 18.2 Å². The van der Waals surface area contributed by atoms with E-state index in [1.165, 1.54) is 0 Å². The Morgan fingerprint density at radius 1 is 1.14 bits per heavy atom. The number of hydrogen-bond donors (Lipinski definition) is 1. The van der Waals surface area contributed by atoms with E-state index in [0.29, 0.717) is 18.3 Å². The summed E-state index contributed by atoms with van der Waals surface area (Å²) in [5, 5.41) is 2.95. The molecule has 0 spiro atoms. The van der Waals surface area contributed by atoms with Gasteiger partial charge in [-0.05, 0) is 38.0 Å². The number of benzene rings is 1. The van der Waals surface area contributed by atoms with Crippen molar-refractivity contribution in [2.24, 2.45) is 5.92 Å². The standard InChI is InChI=1S/C17H27NO4/c1-11(2)10-22-13(4)17(19)18-12(3)15-9-14(20-5)7-8-16(15)21-6/h7-9,11-13H,10H2,1-6H3,(H,18,19)/t12-,13+/m0/s1. The number of carbonyl (C=O) groups is 1. The second kappa shape index (κ2) is 8.63. The number of methoxy groups -OCH3 is 2. The van der Waals surface area contributed by atoms with Gasteiger partial charge in [0, 0.05) is 12.2 Å². The van der Waals surface area contributed by atoms with Crippen LogP contribution >= 0.6 is 0 Å². The molecule has 0 aliphatic carbocycles. The second-order valence-electron chi connectivity index (χ2n) is 5.71. The smallest absolute Gasteiger partial charge is 0.249 e. The van der Waals surface area contributed by atoms with Crippen LogP contribution in [-0.4, -0.2) is 32.8 Å². The molecular weight excluding hydrogens is 282 g/mol. The second-order valence-corrected chi connectivity index (χ2v) is 5.71. The SMILES string of the molecule is COc1ccc(OC)c([C@H](C)NC(=O)[C@@H](C)OCC(C)C)c1. The highest BCUT2D eigenvalue weighted by atomic mass is 16.5. The third-order valence-corrected chi connectivity index (χ3v) is 3.31. The van der Waals surface area contributed by atoms with E-state index in [-0.39, 0.29) is 11.9 Å². The Bertz CT molecular complexity index is 488. The topological polar surface area (TPSA) is 56.8 Å². The molecule has 0 radical (unpaired) electrons. The number of amides is 1. The van der Waals surface area contributed by atoms with E-state index >= 15 is 0 Å². The Hall–Kier alpha value is -1.75. The number of rotatable bonds is 8. The minimum Gasteiger partial charge on any atom is -0.497 e. The molecule has 5 heteroatoms. The first-order valence-corrected chi connectivity index (χ1v) is 7.52. The monoisotopic (exact) mass is 309 g/mol. The van der Waals surface area contributed by atoms with Crippen LogP contribution in [0.4, 0.5) is 0 Å². The molecular formula is C17H27NO4. The summed E-state index contributed by atoms with van der Waals surface area (Å²) in [6.07, 6.45) is -0.485. The van der Waals surface area contributed by atoms with Gasteiger partial charge in [0.25, 0.3) is 0 Å². The summed E-state index contributed by atoms with van der Waals surface area (Å²) in [7, 11) is 3.21. The summed E-state index contributed by atoms with van der Waals surface area (Å²) >= 11 is 0. The average Bonchev–Trinajstić information content (AvgIpc) is 2.51. The lowest BCUT2D eigenvalue weighted by Gasteiger charge is -2.21. The Labute approximate surface area is 132 Å². The molecule has 0 bridgehead atoms. The predicted molar refractivity (Wildman–Crippen MR) is 86.4 cm³/mol. The molecule has 0 saturated carbocycles. The van der Waals surface area contributed by atoms with Gasteiger partial charge in [-0.25, -0.2) is 0 Å². The van der Waals surface area contributed by atoms with Crippen LogP contribution < -0.4 is 14.8 Å². The summed E-state index contributed by atoms with van der Waals surface area (Å²) in [6.45, 7) is 8.33. The molecule has 0 fully saturated rings. The fourth-order valence-corrected chi connectivity index (χ4v) is 2.00. The van der Waals surface area contributed by atoms with E-state index < -0.39 is 6.10 Å². The van der Waals surface area contributed by atoms with Crippen molar-refractivity contribution in [3.05, 3.63) is 23.8 Å². The fraction of sp³-hybridized carbons (Fsp3) is 0.588. The van der Waals surface area contributed by atoms with Crippen LogP contribution in [0.3, 0.4) is 0 Å². The van der Waals surface area contributed by atoms with Gasteiger partial charge >= 0.3 is 0 Å². The van der Waals surface area contributed by atoms with Gasteiger partial charge in [0.2, 0.25) is 5.91 Å². The summed E-state index contributed by atoms with van der Waals surface area (Å²) in [5.74, 6) is 1.69. The largest absolute Gasteiger partial charge is 0.497 e. The minimum atomic E-state index is -0.485. The minimum absolute atomic E-state index is 0.141. The molecule has 1 amide bonds. The molecule has 22 heavy (non-hydrogen) atoms. The zero-order chi connectivity index (χ0) is 16.7. The van der Waals surface area contributed by atoms with Crippen molar-refractivity contribution in [1.82, 2.24) is 5.32 Å². The van der Waals surface area contributed by atoms with E-state index in [0.717, 1.165) is 11.3 Å². The van der Waals surface area contributed by atoms with Gasteiger partial charge in [-0.3, -0.25) is 4.79 Å². The quantitative estimate of drug-likeness (QED) is 0.802. The summed E-state index contributed by atoms with van der Waals surface area (Å²) in [6, 6.07) is 5.31. The molecule has 0 heterocycles. The van der Waals surface area contributed by atoms with Gasteiger partial charge < -0.3 is 19.5 Å². The molecule has 1 aromatic carbocycles. The van der Waals surface area contributed by atoms with Crippen LogP contribution in [0.1, 0.15) is 39.3 Å². The Morgan fingerprint density at radius 2 is 1.82 bits per heavy atom. The molecule has 2 atom stereocenters. The lowest BCUT2D eigenvalue weighted by molar-refractivity contribution is -0.133. The first kappa shape index (κ1) is 18.3. The van der Waals surface area contributed by atoms with E-state index in [9.17, 15) is 4.79 Å². The van der Waals surface area contributed by atoms with Crippen LogP contribution in [-0.2, 0) is 9.53 Å². The summed E-state index contributed by atoms with van der Waals surface area (Å²) in [4.78, 5) is 12.2. The molecule has 1 N–H and O–H groups in total. The fourth-order valence-electron chi connectivity index (χ4n) is 2.00. The van der Waals surface area contributed by atoms with Gasteiger partial charge in [0.1, 0.15) is 17.6 Å². The van der Waals surface area contributed by atoms with Gasteiger partial charge in [0.05, 0.1) is 20.3 Å². The van der Waals surface area contributed by atoms with Crippen LogP contribution in [0.5, 0.6) is 11.5 Å². The van der Waals surface area contributed by atoms with Crippen molar-refractivity contribution in [1.29, 1.82) is 0 Å². The molecule has 1 rings (SSSR count). The highest BCUT2D eigenvalue weighted by Gasteiger charge is 2.19. The zero-order valence-corrected chi connectivity index (χ0v) is 14.3. The first-order chi connectivity index (χ1) is 10.4. The molecule has 0 aliphatic rings. The normalized spacial score (nSPS) is 13.6. The molecule has 124 valence electrons. The molecule has 0 unspecified atom stereocenters. The van der Waals surface area contributed by atoms with Crippen LogP contribution in [0, 0.1) is 5.92 Å². The molecule has 0 aromatic heterocycles. The third-order valence-electron chi connectivity index (χ3n) is 3.31. The Morgan fingerprint density at radius 3 is 2.36 bits per heavy atom. The number of nitrogens with one attached hydrogen (secondary N) is 1. The van der Waals surface area contributed by atoms with Crippen molar-refractivity contribution in [3.63, 3.8) is 0 Å². The van der Waals surface area contributed by atoms with E-state index in [4.69, 9.17) is 14.2 Å². The summed E-state index contributed by atoms with van der Waals surface area (Å²) in [5.41, 5.74) is 0.867. The summed E-state index contributed by atoms with van der Waals surface area (Å²) < 4.78 is 16.1. The Kier molecular flexibility index (Phi) is 7.18. The maximum absolute atomic E-state index is 12.2. The molecule has 0 aliphatic heterocycles. The van der Waals surface area contributed by atoms with Gasteiger partial charge in [0.15, 0.2) is 0 Å². The van der Waals surface area contributed by atoms with Crippen molar-refractivity contribution in [2.75, 3.05) is 20.8 Å². The number of hydrogen-bond acceptors (Lipinski definition) is 4. The lowest BCUT2D eigenvalue weighted by atomic mass is 10.1. The molecule has 0 saturated heterocycles. The van der Waals surface area contributed by atoms with E-state index in [1.54, 1.807) is 21.1 Å². The van der Waals surface area contributed by atoms with Gasteiger partial charge in [-0.1, -0.05) is 13.8 Å². The van der Waals surface area contributed by atoms with Gasteiger partial charge in [-0.2, -0.15) is 0 Å². The highest BCUT2D eigenvalue weighted by Crippen LogP contribution is 2.29. The van der Waals surface area contributed by atoms with Crippen molar-refractivity contribution < 1.29 is 19.0 Å². The predicted octanol–water partition coefficient (Wildman–Crippen LogP) is 2.94. The van der Waals surface area contributed by atoms with E-state index in [1.807, 2.05) is 39.0 Å². The van der Waals surface area contributed by atoms with Crippen molar-refractivity contribution in [2.45, 2.75) is 39.8 Å². The number of carbonyl (C=O) groups excluding carboxylic acids is 1. The maximum Gasteiger partial charge on any atom is 0.249 e. The van der Waals surface area contributed by atoms with Crippen molar-refractivity contribution in [3.8, 4) is 11.5 Å². The van der Waals surface area contributed by atoms with Gasteiger partial charge in [-0.15, -0.1) is 0 Å². The maximum atomic E-state index is 12.2. The van der Waals surface area contributed by atoms with Crippen LogP contribution in [0.25, 0.3) is 0 Å². The first-order valence-electron chi connectivity index (χ1n) is 7.52. The molecule has 1 aromatic rings. The van der Waals surface area contributed by atoms with Crippen LogP contribution in [0.2, 0.25) is 0 Å². The van der Waals surface area contributed by atoms with Crippen molar-refractivity contribution >= 4 is 5.91 Å². The number of ether oxygens (including phenoxy) is 3. The van der Waals surface area contributed by atoms with E-state index in [2.05, 4.69) is 5.32 Å². The third kappa shape index (κ3) is 5.22. The average molecular weight is 309 g/mol.